The maximum atomic E-state index is 11.1. The molecule has 1 aliphatic carbocycles. The molecule has 86 valence electrons. The summed E-state index contributed by atoms with van der Waals surface area (Å²) in [4.78, 5) is 11.1. The summed E-state index contributed by atoms with van der Waals surface area (Å²) >= 11 is 0. The first-order valence-electron chi connectivity index (χ1n) is 5.69. The number of nitrogens with zero attached hydrogens (tertiary/aromatic N) is 1. The molecule has 1 unspecified atom stereocenters. The van der Waals surface area contributed by atoms with Gasteiger partial charge in [-0.3, -0.25) is 4.79 Å². The zero-order chi connectivity index (χ0) is 12.3. The van der Waals surface area contributed by atoms with E-state index < -0.39 is 0 Å². The first-order chi connectivity index (χ1) is 8.19. The molecule has 0 saturated heterocycles. The van der Waals surface area contributed by atoms with Gasteiger partial charge in [-0.2, -0.15) is 5.26 Å². The molecule has 1 N–H and O–H groups in total. The van der Waals surface area contributed by atoms with Crippen molar-refractivity contribution < 1.29 is 4.79 Å². The highest BCUT2D eigenvalue weighted by Gasteiger charge is 2.14. The van der Waals surface area contributed by atoms with E-state index in [2.05, 4.69) is 11.4 Å². The van der Waals surface area contributed by atoms with Crippen LogP contribution in [0.4, 0.5) is 0 Å². The van der Waals surface area contributed by atoms with Crippen LogP contribution in [0, 0.1) is 11.3 Å². The van der Waals surface area contributed by atoms with E-state index in [1.54, 1.807) is 6.08 Å². The van der Waals surface area contributed by atoms with Crippen molar-refractivity contribution in [2.24, 2.45) is 0 Å². The second-order valence-corrected chi connectivity index (χ2v) is 4.24. The van der Waals surface area contributed by atoms with Crippen LogP contribution in [0.2, 0.25) is 0 Å². The Labute approximate surface area is 101 Å². The van der Waals surface area contributed by atoms with Crippen LogP contribution in [0.15, 0.2) is 36.0 Å². The smallest absolute Gasteiger partial charge is 0.157 e. The van der Waals surface area contributed by atoms with Gasteiger partial charge >= 0.3 is 0 Å². The van der Waals surface area contributed by atoms with E-state index in [0.717, 1.165) is 17.7 Å². The van der Waals surface area contributed by atoms with E-state index in [1.807, 2.05) is 31.2 Å². The third kappa shape index (κ3) is 2.73. The molecular weight excluding hydrogens is 212 g/mol. The Morgan fingerprint density at radius 3 is 2.53 bits per heavy atom. The first-order valence-corrected chi connectivity index (χ1v) is 5.69. The number of nitriles is 1. The lowest BCUT2D eigenvalue weighted by atomic mass is 10.1. The van der Waals surface area contributed by atoms with Crippen molar-refractivity contribution in [2.75, 3.05) is 0 Å². The number of nitrogens with one attached hydrogen (secondary N) is 1. The number of ketones is 1. The van der Waals surface area contributed by atoms with E-state index in [0.29, 0.717) is 12.0 Å². The standard InChI is InChI=1S/C14H14N2O/c1-10(16-13-6-7-14(17)8-13)12-4-2-11(9-15)3-5-12/h2-5,8,10,16H,6-7H2,1H3. The lowest BCUT2D eigenvalue weighted by Gasteiger charge is -2.16. The highest BCUT2D eigenvalue weighted by atomic mass is 16.1. The Morgan fingerprint density at radius 1 is 1.29 bits per heavy atom. The average molecular weight is 226 g/mol. The van der Waals surface area contributed by atoms with Crippen molar-refractivity contribution >= 4 is 5.78 Å². The Kier molecular flexibility index (Phi) is 3.24. The summed E-state index contributed by atoms with van der Waals surface area (Å²) in [6.45, 7) is 2.05. The van der Waals surface area contributed by atoms with Crippen LogP contribution in [0.25, 0.3) is 0 Å². The fraction of sp³-hybridized carbons (Fsp3) is 0.286. The molecule has 0 saturated carbocycles. The maximum Gasteiger partial charge on any atom is 0.157 e. The molecule has 0 aliphatic heterocycles. The summed E-state index contributed by atoms with van der Waals surface area (Å²) in [7, 11) is 0. The van der Waals surface area contributed by atoms with Crippen LogP contribution >= 0.6 is 0 Å². The Balaban J connectivity index is 2.04. The van der Waals surface area contributed by atoms with Crippen LogP contribution < -0.4 is 5.32 Å². The SMILES string of the molecule is CC(NC1=CC(=O)CC1)c1ccc(C#N)cc1. The molecule has 0 heterocycles. The van der Waals surface area contributed by atoms with Crippen molar-refractivity contribution in [3.05, 3.63) is 47.2 Å². The van der Waals surface area contributed by atoms with Gasteiger partial charge in [0.1, 0.15) is 0 Å². The van der Waals surface area contributed by atoms with Gasteiger partial charge in [0.2, 0.25) is 0 Å². The van der Waals surface area contributed by atoms with E-state index >= 15 is 0 Å². The van der Waals surface area contributed by atoms with Crippen LogP contribution in [0.3, 0.4) is 0 Å². The summed E-state index contributed by atoms with van der Waals surface area (Å²) in [5.41, 5.74) is 2.78. The van der Waals surface area contributed by atoms with E-state index in [4.69, 9.17) is 5.26 Å². The Hall–Kier alpha value is -2.08. The van der Waals surface area contributed by atoms with Gasteiger partial charge in [-0.1, -0.05) is 12.1 Å². The monoisotopic (exact) mass is 226 g/mol. The van der Waals surface area contributed by atoms with Gasteiger partial charge in [0, 0.05) is 24.2 Å². The minimum atomic E-state index is 0.153. The molecule has 2 rings (SSSR count). The lowest BCUT2D eigenvalue weighted by Crippen LogP contribution is -2.16. The van der Waals surface area contributed by atoms with Gasteiger partial charge in [-0.25, -0.2) is 0 Å². The molecule has 0 radical (unpaired) electrons. The normalized spacial score (nSPS) is 16.2. The largest absolute Gasteiger partial charge is 0.382 e. The lowest BCUT2D eigenvalue weighted by molar-refractivity contribution is -0.114. The van der Waals surface area contributed by atoms with Gasteiger partial charge in [-0.05, 0) is 31.0 Å². The molecule has 1 aromatic carbocycles. The number of hydrogen-bond acceptors (Lipinski definition) is 3. The number of carbonyl (C=O) groups is 1. The van der Waals surface area contributed by atoms with E-state index in [-0.39, 0.29) is 11.8 Å². The van der Waals surface area contributed by atoms with Gasteiger partial charge in [0.05, 0.1) is 11.6 Å². The highest BCUT2D eigenvalue weighted by molar-refractivity contribution is 5.92. The fourth-order valence-electron chi connectivity index (χ4n) is 1.92. The predicted octanol–water partition coefficient (Wildman–Crippen LogP) is 2.46. The second-order valence-electron chi connectivity index (χ2n) is 4.24. The molecule has 1 aromatic rings. The topological polar surface area (TPSA) is 52.9 Å². The number of allylic oxidation sites excluding steroid dienone is 2. The van der Waals surface area contributed by atoms with Gasteiger partial charge < -0.3 is 5.32 Å². The minimum absolute atomic E-state index is 0.153. The van der Waals surface area contributed by atoms with Crippen LogP contribution in [-0.2, 0) is 4.79 Å². The summed E-state index contributed by atoms with van der Waals surface area (Å²) in [6.07, 6.45) is 3.10. The zero-order valence-corrected chi connectivity index (χ0v) is 9.73. The van der Waals surface area contributed by atoms with E-state index in [1.165, 1.54) is 0 Å². The van der Waals surface area contributed by atoms with Crippen LogP contribution in [0.5, 0.6) is 0 Å². The van der Waals surface area contributed by atoms with Crippen molar-refractivity contribution in [2.45, 2.75) is 25.8 Å². The minimum Gasteiger partial charge on any atom is -0.382 e. The maximum absolute atomic E-state index is 11.1. The van der Waals surface area contributed by atoms with E-state index in [9.17, 15) is 4.79 Å². The summed E-state index contributed by atoms with van der Waals surface area (Å²) in [6, 6.07) is 9.74. The third-order valence-electron chi connectivity index (χ3n) is 2.92. The van der Waals surface area contributed by atoms with Gasteiger partial charge in [-0.15, -0.1) is 0 Å². The molecule has 1 atom stereocenters. The third-order valence-corrected chi connectivity index (χ3v) is 2.92. The molecule has 1 aliphatic rings. The average Bonchev–Trinajstić information content (AvgIpc) is 2.75. The molecular formula is C14H14N2O. The molecule has 0 spiro atoms. The number of hydrogen-bond donors (Lipinski definition) is 1. The Morgan fingerprint density at radius 2 is 2.00 bits per heavy atom. The van der Waals surface area contributed by atoms with Crippen molar-refractivity contribution in [1.29, 1.82) is 5.26 Å². The van der Waals surface area contributed by atoms with Crippen LogP contribution in [0.1, 0.15) is 36.9 Å². The molecule has 0 fully saturated rings. The highest BCUT2D eigenvalue weighted by Crippen LogP contribution is 2.19. The molecule has 0 bridgehead atoms. The fourth-order valence-corrected chi connectivity index (χ4v) is 1.92. The van der Waals surface area contributed by atoms with Crippen molar-refractivity contribution in [3.63, 3.8) is 0 Å². The van der Waals surface area contributed by atoms with Crippen molar-refractivity contribution in [3.8, 4) is 6.07 Å². The van der Waals surface area contributed by atoms with Gasteiger partial charge in [0.15, 0.2) is 5.78 Å². The van der Waals surface area contributed by atoms with Crippen LogP contribution in [-0.4, -0.2) is 5.78 Å². The molecule has 17 heavy (non-hydrogen) atoms. The molecule has 3 nitrogen and oxygen atoms in total. The van der Waals surface area contributed by atoms with Crippen molar-refractivity contribution in [1.82, 2.24) is 5.32 Å². The zero-order valence-electron chi connectivity index (χ0n) is 9.73. The van der Waals surface area contributed by atoms with Gasteiger partial charge in [0.25, 0.3) is 0 Å². The molecule has 0 amide bonds. The summed E-state index contributed by atoms with van der Waals surface area (Å²) < 4.78 is 0. The quantitative estimate of drug-likeness (QED) is 0.861. The number of carbonyl (C=O) groups excluding carboxylic acids is 1. The second kappa shape index (κ2) is 4.84. The predicted molar refractivity (Wildman–Crippen MR) is 65.0 cm³/mol. The summed E-state index contributed by atoms with van der Waals surface area (Å²) in [5.74, 6) is 0.194. The molecule has 3 heteroatoms. The number of rotatable bonds is 3. The molecule has 0 aromatic heterocycles. The first kappa shape index (κ1) is 11.4. The summed E-state index contributed by atoms with van der Waals surface area (Å²) in [5, 5.41) is 12.0. The number of benzene rings is 1. The Bertz CT molecular complexity index is 494.